The fraction of sp³-hybridized carbons (Fsp3) is 0.214. The van der Waals surface area contributed by atoms with Crippen LogP contribution in [0.2, 0.25) is 0 Å². The van der Waals surface area contributed by atoms with Gasteiger partial charge in [0.2, 0.25) is 5.76 Å². The number of aromatic carboxylic acids is 1. The zero-order valence-electron chi connectivity index (χ0n) is 10.4. The first-order valence-electron chi connectivity index (χ1n) is 5.87. The molecule has 1 aromatic carbocycles. The summed E-state index contributed by atoms with van der Waals surface area (Å²) in [5.41, 5.74) is 1.15. The molecule has 0 fully saturated rings. The van der Waals surface area contributed by atoms with Crippen LogP contribution in [0.25, 0.3) is 0 Å². The van der Waals surface area contributed by atoms with Crippen molar-refractivity contribution in [2.75, 3.05) is 0 Å². The molecule has 1 atom stereocenters. The number of carboxylic acids is 1. The number of carbonyl (C=O) groups is 1. The van der Waals surface area contributed by atoms with Crippen LogP contribution < -0.4 is 5.32 Å². The smallest absolute Gasteiger partial charge is 0.371 e. The van der Waals surface area contributed by atoms with E-state index in [1.165, 1.54) is 6.07 Å². The number of benzene rings is 1. The molecule has 1 aromatic heterocycles. The van der Waals surface area contributed by atoms with Crippen LogP contribution in [0.1, 0.15) is 34.8 Å². The van der Waals surface area contributed by atoms with E-state index < -0.39 is 5.97 Å². The molecule has 0 saturated carbocycles. The van der Waals surface area contributed by atoms with E-state index in [1.807, 2.05) is 31.2 Å². The van der Waals surface area contributed by atoms with Crippen LogP contribution in [0.5, 0.6) is 0 Å². The van der Waals surface area contributed by atoms with Gasteiger partial charge in [0.15, 0.2) is 0 Å². The summed E-state index contributed by atoms with van der Waals surface area (Å²) in [4.78, 5) is 10.7. The highest BCUT2D eigenvalue weighted by molar-refractivity contribution is 9.10. The molecule has 0 spiro atoms. The third kappa shape index (κ3) is 3.68. The van der Waals surface area contributed by atoms with Gasteiger partial charge in [0, 0.05) is 10.5 Å². The molecule has 19 heavy (non-hydrogen) atoms. The SMILES string of the molecule is CC(NCc1ccc(C(=O)O)o1)c1cccc(Br)c1. The lowest BCUT2D eigenvalue weighted by Gasteiger charge is -2.13. The van der Waals surface area contributed by atoms with E-state index in [0.29, 0.717) is 12.3 Å². The van der Waals surface area contributed by atoms with Crippen molar-refractivity contribution in [1.82, 2.24) is 5.32 Å². The summed E-state index contributed by atoms with van der Waals surface area (Å²) in [6, 6.07) is 11.3. The number of halogens is 1. The van der Waals surface area contributed by atoms with Gasteiger partial charge in [0.25, 0.3) is 0 Å². The standard InChI is InChI=1S/C14H14BrNO3/c1-9(10-3-2-4-11(15)7-10)16-8-12-5-6-13(19-12)14(17)18/h2-7,9,16H,8H2,1H3,(H,17,18). The topological polar surface area (TPSA) is 62.5 Å². The van der Waals surface area contributed by atoms with Gasteiger partial charge in [0.05, 0.1) is 6.54 Å². The third-order valence-electron chi connectivity index (χ3n) is 2.80. The molecule has 0 aliphatic carbocycles. The van der Waals surface area contributed by atoms with Crippen molar-refractivity contribution in [3.8, 4) is 0 Å². The van der Waals surface area contributed by atoms with Crippen LogP contribution in [0.4, 0.5) is 0 Å². The van der Waals surface area contributed by atoms with Crippen LogP contribution in [0, 0.1) is 0 Å². The molecule has 2 rings (SSSR count). The summed E-state index contributed by atoms with van der Waals surface area (Å²) in [6.45, 7) is 2.53. The van der Waals surface area contributed by atoms with Crippen LogP contribution in [-0.4, -0.2) is 11.1 Å². The van der Waals surface area contributed by atoms with E-state index in [9.17, 15) is 4.79 Å². The first kappa shape index (κ1) is 13.8. The minimum Gasteiger partial charge on any atom is -0.475 e. The lowest BCUT2D eigenvalue weighted by Crippen LogP contribution is -2.17. The second-order valence-electron chi connectivity index (χ2n) is 4.23. The number of nitrogens with one attached hydrogen (secondary N) is 1. The van der Waals surface area contributed by atoms with E-state index in [4.69, 9.17) is 9.52 Å². The van der Waals surface area contributed by atoms with E-state index >= 15 is 0 Å². The van der Waals surface area contributed by atoms with E-state index in [2.05, 4.69) is 21.2 Å². The first-order valence-corrected chi connectivity index (χ1v) is 6.66. The van der Waals surface area contributed by atoms with Gasteiger partial charge >= 0.3 is 5.97 Å². The quantitative estimate of drug-likeness (QED) is 0.882. The Labute approximate surface area is 119 Å². The van der Waals surface area contributed by atoms with Gasteiger partial charge in [-0.25, -0.2) is 4.79 Å². The fourth-order valence-electron chi connectivity index (χ4n) is 1.74. The normalized spacial score (nSPS) is 12.3. The maximum atomic E-state index is 10.7. The van der Waals surface area contributed by atoms with Crippen molar-refractivity contribution in [2.24, 2.45) is 0 Å². The fourth-order valence-corrected chi connectivity index (χ4v) is 2.15. The number of rotatable bonds is 5. The Morgan fingerprint density at radius 1 is 1.42 bits per heavy atom. The Balaban J connectivity index is 1.96. The Morgan fingerprint density at radius 3 is 2.84 bits per heavy atom. The Bertz CT molecular complexity index is 580. The maximum absolute atomic E-state index is 10.7. The Hall–Kier alpha value is -1.59. The predicted octanol–water partition coefficient (Wildman–Crippen LogP) is 3.59. The lowest BCUT2D eigenvalue weighted by molar-refractivity contribution is 0.0660. The molecule has 5 heteroatoms. The van der Waals surface area contributed by atoms with Crippen LogP contribution >= 0.6 is 15.9 Å². The maximum Gasteiger partial charge on any atom is 0.371 e. The monoisotopic (exact) mass is 323 g/mol. The van der Waals surface area contributed by atoms with Crippen molar-refractivity contribution in [2.45, 2.75) is 19.5 Å². The molecule has 1 unspecified atom stereocenters. The van der Waals surface area contributed by atoms with Crippen LogP contribution in [-0.2, 0) is 6.54 Å². The van der Waals surface area contributed by atoms with Gasteiger partial charge in [-0.2, -0.15) is 0 Å². The second-order valence-corrected chi connectivity index (χ2v) is 5.14. The number of carboxylic acid groups (broad SMARTS) is 1. The van der Waals surface area contributed by atoms with Gasteiger partial charge in [-0.1, -0.05) is 28.1 Å². The van der Waals surface area contributed by atoms with Gasteiger partial charge in [-0.05, 0) is 36.8 Å². The van der Waals surface area contributed by atoms with Crippen LogP contribution in [0.3, 0.4) is 0 Å². The zero-order valence-corrected chi connectivity index (χ0v) is 12.0. The summed E-state index contributed by atoms with van der Waals surface area (Å²) in [7, 11) is 0. The largest absolute Gasteiger partial charge is 0.475 e. The number of furan rings is 1. The first-order chi connectivity index (χ1) is 9.06. The molecule has 0 aliphatic heterocycles. The average molecular weight is 324 g/mol. The summed E-state index contributed by atoms with van der Waals surface area (Å²) < 4.78 is 6.22. The van der Waals surface area contributed by atoms with Gasteiger partial charge < -0.3 is 14.8 Å². The van der Waals surface area contributed by atoms with Crippen molar-refractivity contribution in [1.29, 1.82) is 0 Å². The third-order valence-corrected chi connectivity index (χ3v) is 3.30. The average Bonchev–Trinajstić information content (AvgIpc) is 2.85. The molecule has 0 saturated heterocycles. The van der Waals surface area contributed by atoms with Gasteiger partial charge in [-0.15, -0.1) is 0 Å². The van der Waals surface area contributed by atoms with Crippen molar-refractivity contribution >= 4 is 21.9 Å². The van der Waals surface area contributed by atoms with E-state index in [0.717, 1.165) is 10.0 Å². The molecule has 100 valence electrons. The second kappa shape index (κ2) is 6.04. The molecule has 0 aliphatic rings. The van der Waals surface area contributed by atoms with E-state index in [-0.39, 0.29) is 11.8 Å². The van der Waals surface area contributed by atoms with Gasteiger partial charge in [0.1, 0.15) is 5.76 Å². The molecule has 0 bridgehead atoms. The van der Waals surface area contributed by atoms with E-state index in [1.54, 1.807) is 6.07 Å². The molecule has 4 nitrogen and oxygen atoms in total. The number of hydrogen-bond acceptors (Lipinski definition) is 3. The highest BCUT2D eigenvalue weighted by atomic mass is 79.9. The Morgan fingerprint density at radius 2 is 2.21 bits per heavy atom. The molecule has 2 aromatic rings. The minimum atomic E-state index is -1.05. The molecule has 0 amide bonds. The molecular weight excluding hydrogens is 310 g/mol. The summed E-state index contributed by atoms with van der Waals surface area (Å²) in [5.74, 6) is -0.475. The highest BCUT2D eigenvalue weighted by Gasteiger charge is 2.10. The molecule has 0 radical (unpaired) electrons. The number of hydrogen-bond donors (Lipinski definition) is 2. The predicted molar refractivity (Wildman–Crippen MR) is 75.1 cm³/mol. The summed E-state index contributed by atoms with van der Waals surface area (Å²) >= 11 is 3.43. The molecule has 1 heterocycles. The van der Waals surface area contributed by atoms with Crippen LogP contribution in [0.15, 0.2) is 45.3 Å². The zero-order chi connectivity index (χ0) is 13.8. The lowest BCUT2D eigenvalue weighted by atomic mass is 10.1. The van der Waals surface area contributed by atoms with Crippen molar-refractivity contribution < 1.29 is 14.3 Å². The summed E-state index contributed by atoms with van der Waals surface area (Å²) in [6.07, 6.45) is 0. The highest BCUT2D eigenvalue weighted by Crippen LogP contribution is 2.18. The minimum absolute atomic E-state index is 0.0353. The van der Waals surface area contributed by atoms with Crippen molar-refractivity contribution in [3.63, 3.8) is 0 Å². The molecule has 2 N–H and O–H groups in total. The molecular formula is C14H14BrNO3. The Kier molecular flexibility index (Phi) is 4.39. The van der Waals surface area contributed by atoms with Gasteiger partial charge in [-0.3, -0.25) is 0 Å². The summed E-state index contributed by atoms with van der Waals surface area (Å²) in [5, 5.41) is 12.1. The van der Waals surface area contributed by atoms with Crippen molar-refractivity contribution in [3.05, 3.63) is 58.0 Å².